The van der Waals surface area contributed by atoms with Crippen molar-refractivity contribution in [1.82, 2.24) is 15.2 Å². The van der Waals surface area contributed by atoms with E-state index in [9.17, 15) is 4.79 Å². The van der Waals surface area contributed by atoms with Crippen LogP contribution in [0, 0.1) is 0 Å². The molecule has 2 N–H and O–H groups in total. The van der Waals surface area contributed by atoms with Crippen molar-refractivity contribution in [2.24, 2.45) is 0 Å². The van der Waals surface area contributed by atoms with Gasteiger partial charge in [0.05, 0.1) is 6.61 Å². The van der Waals surface area contributed by atoms with Crippen LogP contribution in [0.3, 0.4) is 0 Å². The van der Waals surface area contributed by atoms with Crippen molar-refractivity contribution in [2.45, 2.75) is 19.6 Å². The number of anilines is 1. The molecule has 0 spiro atoms. The quantitative estimate of drug-likeness (QED) is 0.834. The largest absolute Gasteiger partial charge is 0.364 e. The van der Waals surface area contributed by atoms with E-state index >= 15 is 0 Å². The molecule has 0 radical (unpaired) electrons. The van der Waals surface area contributed by atoms with Crippen molar-refractivity contribution in [3.8, 4) is 0 Å². The number of nitrogens with zero attached hydrogens (tertiary/aromatic N) is 2. The SMILES string of the molecule is C[C@H](OCc1ccccc1)C(=O)Nc1ncn[nH]1. The van der Waals surface area contributed by atoms with E-state index in [1.165, 1.54) is 6.33 Å². The zero-order chi connectivity index (χ0) is 12.8. The predicted octanol–water partition coefficient (Wildman–Crippen LogP) is 1.35. The second-order valence-corrected chi connectivity index (χ2v) is 3.76. The number of hydrogen-bond donors (Lipinski definition) is 2. The number of H-pyrrole nitrogens is 1. The molecule has 1 amide bonds. The third kappa shape index (κ3) is 3.39. The summed E-state index contributed by atoms with van der Waals surface area (Å²) in [7, 11) is 0. The molecule has 2 rings (SSSR count). The summed E-state index contributed by atoms with van der Waals surface area (Å²) in [5.41, 5.74) is 1.02. The number of amides is 1. The maximum Gasteiger partial charge on any atom is 0.255 e. The van der Waals surface area contributed by atoms with Gasteiger partial charge in [-0.2, -0.15) is 10.1 Å². The van der Waals surface area contributed by atoms with E-state index in [-0.39, 0.29) is 5.91 Å². The molecule has 0 aliphatic rings. The lowest BCUT2D eigenvalue weighted by atomic mass is 10.2. The smallest absolute Gasteiger partial charge is 0.255 e. The molecule has 0 fully saturated rings. The lowest BCUT2D eigenvalue weighted by molar-refractivity contribution is -0.127. The molecular formula is C12H14N4O2. The number of aromatic amines is 1. The van der Waals surface area contributed by atoms with Crippen LogP contribution in [0.1, 0.15) is 12.5 Å². The molecule has 1 atom stereocenters. The number of carbonyl (C=O) groups excluding carboxylic acids is 1. The fraction of sp³-hybridized carbons (Fsp3) is 0.250. The van der Waals surface area contributed by atoms with Gasteiger partial charge in [-0.1, -0.05) is 30.3 Å². The maximum atomic E-state index is 11.7. The summed E-state index contributed by atoms with van der Waals surface area (Å²) >= 11 is 0. The number of nitrogens with one attached hydrogen (secondary N) is 2. The molecule has 0 saturated heterocycles. The highest BCUT2D eigenvalue weighted by molar-refractivity contribution is 5.92. The second-order valence-electron chi connectivity index (χ2n) is 3.76. The normalized spacial score (nSPS) is 12.1. The van der Waals surface area contributed by atoms with Crippen LogP contribution in [0.4, 0.5) is 5.95 Å². The van der Waals surface area contributed by atoms with Crippen LogP contribution < -0.4 is 5.32 Å². The summed E-state index contributed by atoms with van der Waals surface area (Å²) in [5, 5.41) is 8.75. The first-order valence-electron chi connectivity index (χ1n) is 5.57. The molecule has 94 valence electrons. The first-order valence-corrected chi connectivity index (χ1v) is 5.57. The van der Waals surface area contributed by atoms with Crippen LogP contribution >= 0.6 is 0 Å². The minimum absolute atomic E-state index is 0.261. The van der Waals surface area contributed by atoms with Gasteiger partial charge in [0.25, 0.3) is 5.91 Å². The van der Waals surface area contributed by atoms with Crippen molar-refractivity contribution in [3.63, 3.8) is 0 Å². The van der Waals surface area contributed by atoms with Gasteiger partial charge in [-0.15, -0.1) is 0 Å². The second kappa shape index (κ2) is 5.92. The van der Waals surface area contributed by atoms with Crippen molar-refractivity contribution in [2.75, 3.05) is 5.32 Å². The van der Waals surface area contributed by atoms with E-state index in [0.29, 0.717) is 12.6 Å². The third-order valence-corrected chi connectivity index (χ3v) is 2.37. The molecule has 1 aromatic heterocycles. The lowest BCUT2D eigenvalue weighted by Gasteiger charge is -2.11. The molecule has 18 heavy (non-hydrogen) atoms. The van der Waals surface area contributed by atoms with Crippen LogP contribution in [-0.2, 0) is 16.1 Å². The summed E-state index contributed by atoms with van der Waals surface area (Å²) in [6.45, 7) is 2.08. The zero-order valence-electron chi connectivity index (χ0n) is 9.96. The molecule has 2 aromatic rings. The minimum Gasteiger partial charge on any atom is -0.364 e. The summed E-state index contributed by atoms with van der Waals surface area (Å²) in [4.78, 5) is 15.5. The van der Waals surface area contributed by atoms with Crippen molar-refractivity contribution < 1.29 is 9.53 Å². The van der Waals surface area contributed by atoms with Crippen molar-refractivity contribution in [1.29, 1.82) is 0 Å². The average molecular weight is 246 g/mol. The zero-order valence-corrected chi connectivity index (χ0v) is 9.96. The molecule has 0 aliphatic carbocycles. The van der Waals surface area contributed by atoms with Gasteiger partial charge in [0, 0.05) is 0 Å². The number of ether oxygens (including phenoxy) is 1. The van der Waals surface area contributed by atoms with Gasteiger partial charge < -0.3 is 4.74 Å². The van der Waals surface area contributed by atoms with E-state index in [1.807, 2.05) is 30.3 Å². The average Bonchev–Trinajstić information content (AvgIpc) is 2.90. The Morgan fingerprint density at radius 2 is 2.22 bits per heavy atom. The number of carbonyl (C=O) groups is 1. The van der Waals surface area contributed by atoms with E-state index in [0.717, 1.165) is 5.56 Å². The van der Waals surface area contributed by atoms with Crippen LogP contribution in [0.15, 0.2) is 36.7 Å². The monoisotopic (exact) mass is 246 g/mol. The number of hydrogen-bond acceptors (Lipinski definition) is 4. The lowest BCUT2D eigenvalue weighted by Crippen LogP contribution is -2.28. The molecule has 0 aliphatic heterocycles. The molecule has 1 heterocycles. The van der Waals surface area contributed by atoms with Crippen LogP contribution in [0.2, 0.25) is 0 Å². The third-order valence-electron chi connectivity index (χ3n) is 2.37. The van der Waals surface area contributed by atoms with E-state index in [2.05, 4.69) is 20.5 Å². The van der Waals surface area contributed by atoms with Crippen molar-refractivity contribution >= 4 is 11.9 Å². The Bertz CT molecular complexity index is 484. The van der Waals surface area contributed by atoms with Gasteiger partial charge in [-0.3, -0.25) is 10.1 Å². The Morgan fingerprint density at radius 3 is 2.89 bits per heavy atom. The molecular weight excluding hydrogens is 232 g/mol. The van der Waals surface area contributed by atoms with Gasteiger partial charge >= 0.3 is 0 Å². The Morgan fingerprint density at radius 1 is 1.44 bits per heavy atom. The van der Waals surface area contributed by atoms with E-state index < -0.39 is 6.10 Å². The molecule has 0 saturated carbocycles. The Labute approximate surface area is 104 Å². The molecule has 6 nitrogen and oxygen atoms in total. The summed E-state index contributed by atoms with van der Waals surface area (Å²) in [5.74, 6) is 0.0536. The highest BCUT2D eigenvalue weighted by Crippen LogP contribution is 2.04. The Hall–Kier alpha value is -2.21. The minimum atomic E-state index is -0.560. The predicted molar refractivity (Wildman–Crippen MR) is 65.7 cm³/mol. The number of rotatable bonds is 5. The number of aromatic nitrogens is 3. The van der Waals surface area contributed by atoms with Crippen LogP contribution in [-0.4, -0.2) is 27.2 Å². The fourth-order valence-corrected chi connectivity index (χ4v) is 1.36. The standard InChI is InChI=1S/C12H14N4O2/c1-9(11(17)15-12-13-8-14-16-12)18-7-10-5-3-2-4-6-10/h2-6,8-9H,7H2,1H3,(H2,13,14,15,16,17)/t9-/m0/s1. The first-order chi connectivity index (χ1) is 8.75. The van der Waals surface area contributed by atoms with E-state index in [4.69, 9.17) is 4.74 Å². The highest BCUT2D eigenvalue weighted by atomic mass is 16.5. The van der Waals surface area contributed by atoms with Gasteiger partial charge in [0.2, 0.25) is 5.95 Å². The van der Waals surface area contributed by atoms with Crippen LogP contribution in [0.5, 0.6) is 0 Å². The highest BCUT2D eigenvalue weighted by Gasteiger charge is 2.14. The summed E-state index contributed by atoms with van der Waals surface area (Å²) in [6, 6.07) is 9.68. The molecule has 1 aromatic carbocycles. The molecule has 0 unspecified atom stereocenters. The summed E-state index contributed by atoms with van der Waals surface area (Å²) < 4.78 is 5.46. The Balaban J connectivity index is 1.81. The topological polar surface area (TPSA) is 79.9 Å². The molecule has 0 bridgehead atoms. The maximum absolute atomic E-state index is 11.7. The summed E-state index contributed by atoms with van der Waals surface area (Å²) in [6.07, 6.45) is 0.765. The van der Waals surface area contributed by atoms with E-state index in [1.54, 1.807) is 6.92 Å². The van der Waals surface area contributed by atoms with Crippen LogP contribution in [0.25, 0.3) is 0 Å². The number of benzene rings is 1. The van der Waals surface area contributed by atoms with Gasteiger partial charge in [-0.05, 0) is 12.5 Å². The van der Waals surface area contributed by atoms with Crippen molar-refractivity contribution in [3.05, 3.63) is 42.2 Å². The Kier molecular flexibility index (Phi) is 4.03. The van der Waals surface area contributed by atoms with Gasteiger partial charge in [0.15, 0.2) is 0 Å². The van der Waals surface area contributed by atoms with Gasteiger partial charge in [-0.25, -0.2) is 5.10 Å². The fourth-order valence-electron chi connectivity index (χ4n) is 1.36. The first kappa shape index (κ1) is 12.3. The molecule has 6 heteroatoms. The van der Waals surface area contributed by atoms with Gasteiger partial charge in [0.1, 0.15) is 12.4 Å².